The molecule has 0 saturated carbocycles. The van der Waals surface area contributed by atoms with Crippen LogP contribution in [0.4, 0.5) is 5.69 Å². The maximum Gasteiger partial charge on any atom is 0.206 e. The molecular formula is C7H12N2O3S. The maximum atomic E-state index is 9.41. The van der Waals surface area contributed by atoms with Crippen molar-refractivity contribution in [2.75, 3.05) is 12.0 Å². The fraction of sp³-hybridized carbons (Fsp3) is 0.143. The standard InChI is InChI=1S/C6H7NO.CH5NO2S/c7-5-3-1-2-4-6(5)8;1-5(2,3)4/h1-4,8H,7H2;1H3,(H2,2,3,4). The zero-order valence-electron chi connectivity index (χ0n) is 7.14. The van der Waals surface area contributed by atoms with Gasteiger partial charge in [0.05, 0.1) is 11.9 Å². The molecule has 0 spiro atoms. The van der Waals surface area contributed by atoms with Gasteiger partial charge >= 0.3 is 0 Å². The van der Waals surface area contributed by atoms with E-state index in [4.69, 9.17) is 10.8 Å². The third-order valence-electron chi connectivity index (χ3n) is 0.937. The molecule has 1 rings (SSSR count). The van der Waals surface area contributed by atoms with E-state index in [1.165, 1.54) is 0 Å². The van der Waals surface area contributed by atoms with Gasteiger partial charge in [0.2, 0.25) is 10.0 Å². The van der Waals surface area contributed by atoms with Crippen LogP contribution in [0.5, 0.6) is 5.75 Å². The minimum absolute atomic E-state index is 0.146. The van der Waals surface area contributed by atoms with Crippen LogP contribution in [0.3, 0.4) is 0 Å². The molecule has 0 fully saturated rings. The number of primary sulfonamides is 1. The van der Waals surface area contributed by atoms with Crippen molar-refractivity contribution in [1.29, 1.82) is 0 Å². The lowest BCUT2D eigenvalue weighted by atomic mass is 10.3. The van der Waals surface area contributed by atoms with Crippen LogP contribution in [0.15, 0.2) is 24.3 Å². The van der Waals surface area contributed by atoms with Gasteiger partial charge in [-0.1, -0.05) is 12.1 Å². The van der Waals surface area contributed by atoms with Crippen molar-refractivity contribution in [3.63, 3.8) is 0 Å². The number of anilines is 1. The lowest BCUT2D eigenvalue weighted by Gasteiger charge is -1.92. The van der Waals surface area contributed by atoms with Crippen LogP contribution in [-0.4, -0.2) is 19.8 Å². The van der Waals surface area contributed by atoms with Crippen LogP contribution in [0, 0.1) is 0 Å². The zero-order chi connectivity index (χ0) is 10.5. The van der Waals surface area contributed by atoms with Gasteiger partial charge in [-0.25, -0.2) is 13.6 Å². The van der Waals surface area contributed by atoms with Gasteiger partial charge in [0.15, 0.2) is 0 Å². The summed E-state index contributed by atoms with van der Waals surface area (Å²) in [6.45, 7) is 0. The second kappa shape index (κ2) is 4.68. The van der Waals surface area contributed by atoms with E-state index in [-0.39, 0.29) is 5.75 Å². The Morgan fingerprint density at radius 2 is 1.69 bits per heavy atom. The molecule has 74 valence electrons. The number of benzene rings is 1. The molecule has 5 N–H and O–H groups in total. The van der Waals surface area contributed by atoms with Crippen LogP contribution in [0.2, 0.25) is 0 Å². The van der Waals surface area contributed by atoms with Crippen molar-refractivity contribution in [1.82, 2.24) is 0 Å². The van der Waals surface area contributed by atoms with E-state index >= 15 is 0 Å². The highest BCUT2D eigenvalue weighted by Crippen LogP contribution is 2.16. The molecule has 0 unspecified atom stereocenters. The van der Waals surface area contributed by atoms with Crippen LogP contribution in [0.25, 0.3) is 0 Å². The summed E-state index contributed by atoms with van der Waals surface area (Å²) in [6, 6.07) is 6.70. The summed E-state index contributed by atoms with van der Waals surface area (Å²) < 4.78 is 18.8. The number of phenolic OH excluding ortho intramolecular Hbond substituents is 1. The molecule has 5 nitrogen and oxygen atoms in total. The van der Waals surface area contributed by atoms with Gasteiger partial charge in [-0.05, 0) is 12.1 Å². The van der Waals surface area contributed by atoms with Crippen molar-refractivity contribution >= 4 is 15.7 Å². The average molecular weight is 204 g/mol. The molecule has 0 saturated heterocycles. The summed E-state index contributed by atoms with van der Waals surface area (Å²) in [5, 5.41) is 13.1. The highest BCUT2D eigenvalue weighted by atomic mass is 32.2. The first kappa shape index (κ1) is 11.7. The second-order valence-electron chi connectivity index (χ2n) is 2.39. The number of sulfonamides is 1. The van der Waals surface area contributed by atoms with E-state index in [0.29, 0.717) is 5.69 Å². The minimum Gasteiger partial charge on any atom is -0.506 e. The Morgan fingerprint density at radius 1 is 1.31 bits per heavy atom. The summed E-state index contributed by atoms with van der Waals surface area (Å²) in [4.78, 5) is 0. The lowest BCUT2D eigenvalue weighted by Crippen LogP contribution is -2.07. The first-order chi connectivity index (χ1) is 5.80. The Hall–Kier alpha value is -1.27. The molecule has 6 heteroatoms. The van der Waals surface area contributed by atoms with E-state index in [9.17, 15) is 8.42 Å². The molecular weight excluding hydrogens is 192 g/mol. The molecule has 0 aliphatic rings. The third-order valence-corrected chi connectivity index (χ3v) is 0.937. The summed E-state index contributed by atoms with van der Waals surface area (Å²) in [5.41, 5.74) is 5.69. The van der Waals surface area contributed by atoms with Crippen LogP contribution < -0.4 is 10.9 Å². The van der Waals surface area contributed by atoms with Gasteiger partial charge in [0.1, 0.15) is 5.75 Å². The topological polar surface area (TPSA) is 106 Å². The number of nitrogens with two attached hydrogens (primary N) is 2. The molecule has 0 radical (unpaired) electrons. The van der Waals surface area contributed by atoms with Crippen LogP contribution in [-0.2, 0) is 10.0 Å². The van der Waals surface area contributed by atoms with Gasteiger partial charge in [0, 0.05) is 0 Å². The van der Waals surface area contributed by atoms with E-state index in [2.05, 4.69) is 5.14 Å². The largest absolute Gasteiger partial charge is 0.506 e. The van der Waals surface area contributed by atoms with Crippen molar-refractivity contribution in [3.05, 3.63) is 24.3 Å². The van der Waals surface area contributed by atoms with Crippen molar-refractivity contribution < 1.29 is 13.5 Å². The first-order valence-electron chi connectivity index (χ1n) is 3.32. The molecule has 0 aliphatic carbocycles. The summed E-state index contributed by atoms with van der Waals surface area (Å²) in [5.74, 6) is 0.146. The molecule has 0 aliphatic heterocycles. The number of aromatic hydroxyl groups is 1. The maximum absolute atomic E-state index is 9.41. The molecule has 1 aromatic carbocycles. The molecule has 0 atom stereocenters. The predicted octanol–water partition coefficient (Wildman–Crippen LogP) is -0.121. The van der Waals surface area contributed by atoms with E-state index in [1.54, 1.807) is 24.3 Å². The third kappa shape index (κ3) is 8.64. The van der Waals surface area contributed by atoms with Gasteiger partial charge in [-0.15, -0.1) is 0 Å². The van der Waals surface area contributed by atoms with Gasteiger partial charge in [-0.3, -0.25) is 0 Å². The smallest absolute Gasteiger partial charge is 0.206 e. The normalized spacial score (nSPS) is 10.0. The summed E-state index contributed by atoms with van der Waals surface area (Å²) in [7, 11) is -3.17. The number of hydrogen-bond acceptors (Lipinski definition) is 4. The van der Waals surface area contributed by atoms with E-state index in [1.807, 2.05) is 0 Å². The van der Waals surface area contributed by atoms with Gasteiger partial charge in [-0.2, -0.15) is 0 Å². The van der Waals surface area contributed by atoms with Crippen molar-refractivity contribution in [3.8, 4) is 5.75 Å². The molecule has 0 bridgehead atoms. The number of phenols is 1. The molecule has 0 aromatic heterocycles. The monoisotopic (exact) mass is 204 g/mol. The number of para-hydroxylation sites is 2. The second-order valence-corrected chi connectivity index (χ2v) is 4.05. The van der Waals surface area contributed by atoms with Gasteiger partial charge < -0.3 is 10.8 Å². The first-order valence-corrected chi connectivity index (χ1v) is 5.27. The Kier molecular flexibility index (Phi) is 4.22. The Morgan fingerprint density at radius 3 is 1.92 bits per heavy atom. The number of hydrogen-bond donors (Lipinski definition) is 3. The Balaban J connectivity index is 0.000000252. The van der Waals surface area contributed by atoms with Crippen LogP contribution >= 0.6 is 0 Å². The average Bonchev–Trinajstić information content (AvgIpc) is 1.92. The van der Waals surface area contributed by atoms with Crippen molar-refractivity contribution in [2.24, 2.45) is 5.14 Å². The highest BCUT2D eigenvalue weighted by Gasteiger charge is 1.87. The predicted molar refractivity (Wildman–Crippen MR) is 51.6 cm³/mol. The van der Waals surface area contributed by atoms with Crippen molar-refractivity contribution in [2.45, 2.75) is 0 Å². The molecule has 1 aromatic rings. The zero-order valence-corrected chi connectivity index (χ0v) is 7.95. The highest BCUT2D eigenvalue weighted by molar-refractivity contribution is 7.88. The minimum atomic E-state index is -3.17. The summed E-state index contributed by atoms with van der Waals surface area (Å²) >= 11 is 0. The SMILES string of the molecule is CS(N)(=O)=O.Nc1ccccc1O. The molecule has 0 amide bonds. The lowest BCUT2D eigenvalue weighted by molar-refractivity contribution is 0.478. The Bertz CT molecular complexity index is 333. The Labute approximate surface area is 77.0 Å². The quantitative estimate of drug-likeness (QED) is 0.404. The van der Waals surface area contributed by atoms with Gasteiger partial charge in [0.25, 0.3) is 0 Å². The molecule has 0 heterocycles. The number of nitrogen functional groups attached to an aromatic ring is 1. The summed E-state index contributed by atoms with van der Waals surface area (Å²) in [6.07, 6.45) is 0.938. The fourth-order valence-corrected chi connectivity index (χ4v) is 0.488. The van der Waals surface area contributed by atoms with E-state index < -0.39 is 10.0 Å². The van der Waals surface area contributed by atoms with E-state index in [0.717, 1.165) is 6.26 Å². The molecule has 13 heavy (non-hydrogen) atoms. The van der Waals surface area contributed by atoms with Crippen LogP contribution in [0.1, 0.15) is 0 Å². The fourth-order valence-electron chi connectivity index (χ4n) is 0.488. The number of rotatable bonds is 0.